The van der Waals surface area contributed by atoms with Crippen LogP contribution in [0.5, 0.6) is 0 Å². The van der Waals surface area contributed by atoms with E-state index < -0.39 is 23.8 Å². The molecule has 0 aromatic carbocycles. The number of rotatable bonds is 2. The molecule has 1 rings (SSSR count). The van der Waals surface area contributed by atoms with E-state index in [0.29, 0.717) is 0 Å². The lowest BCUT2D eigenvalue weighted by Crippen LogP contribution is -2.02. The Hall–Kier alpha value is -1.59. The Morgan fingerprint density at radius 2 is 2.17 bits per heavy atom. The second kappa shape index (κ2) is 3.21. The first-order chi connectivity index (χ1) is 5.61. The molecule has 1 heterocycles. The Morgan fingerprint density at radius 3 is 2.67 bits per heavy atom. The summed E-state index contributed by atoms with van der Waals surface area (Å²) in [7, 11) is 0. The van der Waals surface area contributed by atoms with Crippen molar-refractivity contribution in [1.29, 1.82) is 0 Å². The molecule has 0 spiro atoms. The van der Waals surface area contributed by atoms with Gasteiger partial charge >= 0.3 is 5.97 Å². The van der Waals surface area contributed by atoms with Crippen LogP contribution in [0.2, 0.25) is 0 Å². The maximum atomic E-state index is 11.9. The number of nitrogens with zero attached hydrogens (tertiary/aromatic N) is 2. The molecule has 0 aliphatic carbocycles. The van der Waals surface area contributed by atoms with Gasteiger partial charge in [-0.2, -0.15) is 0 Å². The van der Waals surface area contributed by atoms with E-state index in [1.54, 1.807) is 0 Å². The summed E-state index contributed by atoms with van der Waals surface area (Å²) in [6.07, 6.45) is -1.98. The zero-order valence-corrected chi connectivity index (χ0v) is 5.74. The van der Waals surface area contributed by atoms with Crippen LogP contribution < -0.4 is 0 Å². The number of carbonyl (C=O) groups is 1. The fourth-order valence-electron chi connectivity index (χ4n) is 0.609. The van der Waals surface area contributed by atoms with Crippen LogP contribution in [0.25, 0.3) is 0 Å². The Balaban J connectivity index is 3.04. The molecule has 64 valence electrons. The van der Waals surface area contributed by atoms with Gasteiger partial charge in [-0.1, -0.05) is 0 Å². The van der Waals surface area contributed by atoms with Gasteiger partial charge in [0.2, 0.25) is 0 Å². The van der Waals surface area contributed by atoms with Gasteiger partial charge in [0, 0.05) is 0 Å². The van der Waals surface area contributed by atoms with Crippen molar-refractivity contribution in [1.82, 2.24) is 9.97 Å². The molecule has 0 radical (unpaired) electrons. The van der Waals surface area contributed by atoms with Crippen molar-refractivity contribution in [2.75, 3.05) is 0 Å². The molecule has 1 aromatic heterocycles. The van der Waals surface area contributed by atoms with E-state index in [9.17, 15) is 13.6 Å². The second-order valence-corrected chi connectivity index (χ2v) is 1.93. The van der Waals surface area contributed by atoms with E-state index in [4.69, 9.17) is 5.11 Å². The van der Waals surface area contributed by atoms with Crippen molar-refractivity contribution in [3.05, 3.63) is 23.8 Å². The zero-order chi connectivity index (χ0) is 9.14. The number of carboxylic acids is 1. The first kappa shape index (κ1) is 8.51. The summed E-state index contributed by atoms with van der Waals surface area (Å²) in [6.45, 7) is 0. The van der Waals surface area contributed by atoms with Crippen molar-refractivity contribution >= 4 is 5.97 Å². The van der Waals surface area contributed by atoms with Crippen LogP contribution in [0.4, 0.5) is 8.78 Å². The third kappa shape index (κ3) is 1.71. The molecule has 0 saturated heterocycles. The summed E-state index contributed by atoms with van der Waals surface area (Å²) >= 11 is 0. The predicted molar refractivity (Wildman–Crippen MR) is 33.9 cm³/mol. The summed E-state index contributed by atoms with van der Waals surface area (Å²) in [5, 5.41) is 8.36. The Labute approximate surface area is 65.9 Å². The van der Waals surface area contributed by atoms with Crippen LogP contribution in [0.3, 0.4) is 0 Å². The van der Waals surface area contributed by atoms with Gasteiger partial charge in [0.25, 0.3) is 6.43 Å². The van der Waals surface area contributed by atoms with Gasteiger partial charge in [-0.15, -0.1) is 0 Å². The Morgan fingerprint density at radius 1 is 1.50 bits per heavy atom. The smallest absolute Gasteiger partial charge is 0.354 e. The van der Waals surface area contributed by atoms with Crippen LogP contribution in [0, 0.1) is 0 Å². The van der Waals surface area contributed by atoms with E-state index in [1.165, 1.54) is 0 Å². The number of hydrogen-bond acceptors (Lipinski definition) is 3. The van der Waals surface area contributed by atoms with Crippen LogP contribution >= 0.6 is 0 Å². The van der Waals surface area contributed by atoms with Gasteiger partial charge in [0.15, 0.2) is 5.69 Å². The monoisotopic (exact) mass is 174 g/mol. The number of aromatic carboxylic acids is 1. The van der Waals surface area contributed by atoms with Gasteiger partial charge in [0.05, 0.1) is 0 Å². The molecule has 4 nitrogen and oxygen atoms in total. The van der Waals surface area contributed by atoms with Gasteiger partial charge in [0.1, 0.15) is 12.0 Å². The molecule has 0 atom stereocenters. The van der Waals surface area contributed by atoms with Crippen molar-refractivity contribution in [2.24, 2.45) is 0 Å². The van der Waals surface area contributed by atoms with E-state index in [1.807, 2.05) is 0 Å². The molecule has 12 heavy (non-hydrogen) atoms. The number of aromatic nitrogens is 2. The largest absolute Gasteiger partial charge is 0.477 e. The van der Waals surface area contributed by atoms with E-state index >= 15 is 0 Å². The average molecular weight is 174 g/mol. The summed E-state index contributed by atoms with van der Waals surface area (Å²) in [4.78, 5) is 16.7. The highest BCUT2D eigenvalue weighted by atomic mass is 19.3. The standard InChI is InChI=1S/C6H4F2N2O2/c7-5(8)3-1-4(6(11)12)10-2-9-3/h1-2,5H,(H,11,12). The van der Waals surface area contributed by atoms with Crippen molar-refractivity contribution in [3.8, 4) is 0 Å². The molecule has 0 saturated carbocycles. The number of hydrogen-bond donors (Lipinski definition) is 1. The third-order valence-corrected chi connectivity index (χ3v) is 1.13. The molecular weight excluding hydrogens is 170 g/mol. The van der Waals surface area contributed by atoms with Crippen molar-refractivity contribution < 1.29 is 18.7 Å². The van der Waals surface area contributed by atoms with Gasteiger partial charge in [-0.25, -0.2) is 23.5 Å². The second-order valence-electron chi connectivity index (χ2n) is 1.93. The molecular formula is C6H4F2N2O2. The van der Waals surface area contributed by atoms with Crippen molar-refractivity contribution in [3.63, 3.8) is 0 Å². The lowest BCUT2D eigenvalue weighted by atomic mass is 10.3. The lowest BCUT2D eigenvalue weighted by molar-refractivity contribution is 0.0689. The van der Waals surface area contributed by atoms with Crippen LogP contribution in [-0.2, 0) is 0 Å². The summed E-state index contributed by atoms with van der Waals surface area (Å²) in [6, 6.07) is 0.743. The van der Waals surface area contributed by atoms with E-state index in [2.05, 4.69) is 9.97 Å². The predicted octanol–water partition coefficient (Wildman–Crippen LogP) is 1.11. The van der Waals surface area contributed by atoms with Gasteiger partial charge < -0.3 is 5.11 Å². The normalized spacial score (nSPS) is 10.2. The molecule has 0 amide bonds. The molecule has 0 unspecified atom stereocenters. The zero-order valence-electron chi connectivity index (χ0n) is 5.74. The molecule has 1 N–H and O–H groups in total. The fraction of sp³-hybridized carbons (Fsp3) is 0.167. The van der Waals surface area contributed by atoms with Crippen LogP contribution in [0.1, 0.15) is 22.6 Å². The fourth-order valence-corrected chi connectivity index (χ4v) is 0.609. The summed E-state index contributed by atoms with van der Waals surface area (Å²) in [5.74, 6) is -1.35. The average Bonchev–Trinajstić information content (AvgIpc) is 2.04. The lowest BCUT2D eigenvalue weighted by Gasteiger charge is -1.97. The SMILES string of the molecule is O=C(O)c1cc(C(F)F)ncn1. The number of alkyl halides is 2. The highest BCUT2D eigenvalue weighted by molar-refractivity contribution is 5.85. The molecule has 0 fully saturated rings. The van der Waals surface area contributed by atoms with Crippen LogP contribution in [0.15, 0.2) is 12.4 Å². The minimum Gasteiger partial charge on any atom is -0.477 e. The molecule has 0 aliphatic rings. The maximum absolute atomic E-state index is 11.9. The molecule has 6 heteroatoms. The summed E-state index contributed by atoms with van der Waals surface area (Å²) < 4.78 is 23.9. The van der Waals surface area contributed by atoms with Crippen LogP contribution in [-0.4, -0.2) is 21.0 Å². The van der Waals surface area contributed by atoms with Crippen molar-refractivity contribution in [2.45, 2.75) is 6.43 Å². The molecule has 0 bridgehead atoms. The highest BCUT2D eigenvalue weighted by Gasteiger charge is 2.12. The topological polar surface area (TPSA) is 63.1 Å². The van der Waals surface area contributed by atoms with Gasteiger partial charge in [-0.05, 0) is 6.07 Å². The number of carboxylic acid groups (broad SMARTS) is 1. The molecule has 1 aromatic rings. The third-order valence-electron chi connectivity index (χ3n) is 1.13. The minimum absolute atomic E-state index is 0.430. The first-order valence-corrected chi connectivity index (χ1v) is 2.94. The Kier molecular flexibility index (Phi) is 2.27. The van der Waals surface area contributed by atoms with Gasteiger partial charge in [-0.3, -0.25) is 0 Å². The Bertz CT molecular complexity index is 303. The molecule has 0 aliphatic heterocycles. The van der Waals surface area contributed by atoms with E-state index in [-0.39, 0.29) is 0 Å². The highest BCUT2D eigenvalue weighted by Crippen LogP contribution is 2.15. The number of halogens is 2. The first-order valence-electron chi connectivity index (χ1n) is 2.94. The summed E-state index contributed by atoms with van der Waals surface area (Å²) in [5.41, 5.74) is -1.01. The minimum atomic E-state index is -2.77. The van der Waals surface area contributed by atoms with E-state index in [0.717, 1.165) is 12.4 Å². The quantitative estimate of drug-likeness (QED) is 0.729. The maximum Gasteiger partial charge on any atom is 0.354 e.